The molecule has 0 fully saturated rings. The van der Waals surface area contributed by atoms with Crippen LogP contribution in [0.2, 0.25) is 0 Å². The van der Waals surface area contributed by atoms with Crippen LogP contribution in [0.15, 0.2) is 53.7 Å². The lowest BCUT2D eigenvalue weighted by atomic mass is 9.98. The molecular formula is C20H30N2O. The van der Waals surface area contributed by atoms with E-state index in [0.29, 0.717) is 5.71 Å². The molecule has 0 saturated heterocycles. The van der Waals surface area contributed by atoms with E-state index in [2.05, 4.69) is 5.16 Å². The van der Waals surface area contributed by atoms with Crippen molar-refractivity contribution in [3.05, 3.63) is 65.2 Å². The molecule has 126 valence electrons. The molecule has 2 rings (SSSR count). The summed E-state index contributed by atoms with van der Waals surface area (Å²) in [6.45, 7) is 10.0. The van der Waals surface area contributed by atoms with Crippen molar-refractivity contribution in [3.8, 4) is 0 Å². The first-order chi connectivity index (χ1) is 11.1. The summed E-state index contributed by atoms with van der Waals surface area (Å²) in [7, 11) is 3.99. The second-order valence-corrected chi connectivity index (χ2v) is 4.70. The Bertz CT molecular complexity index is 587. The molecule has 0 heterocycles. The average molecular weight is 314 g/mol. The Balaban J connectivity index is 0.00000112. The van der Waals surface area contributed by atoms with Crippen molar-refractivity contribution < 1.29 is 5.21 Å². The molecule has 0 radical (unpaired) electrons. The first-order valence-corrected chi connectivity index (χ1v) is 8.19. The fourth-order valence-corrected chi connectivity index (χ4v) is 2.02. The maximum atomic E-state index is 9.31. The molecular weight excluding hydrogens is 284 g/mol. The van der Waals surface area contributed by atoms with Crippen LogP contribution in [0.25, 0.3) is 0 Å². The minimum atomic E-state index is 0.600. The molecule has 3 nitrogen and oxygen atoms in total. The van der Waals surface area contributed by atoms with E-state index in [9.17, 15) is 5.21 Å². The third-order valence-electron chi connectivity index (χ3n) is 3.16. The first kappa shape index (κ1) is 20.7. The molecule has 23 heavy (non-hydrogen) atoms. The van der Waals surface area contributed by atoms with E-state index in [1.165, 1.54) is 0 Å². The van der Waals surface area contributed by atoms with Crippen LogP contribution >= 0.6 is 0 Å². The molecule has 0 unspecified atom stereocenters. The van der Waals surface area contributed by atoms with E-state index in [1.807, 2.05) is 102 Å². The fourth-order valence-electron chi connectivity index (χ4n) is 2.02. The summed E-state index contributed by atoms with van der Waals surface area (Å²) in [5.74, 6) is 0. The zero-order valence-electron chi connectivity index (χ0n) is 15.5. The number of hydrogen-bond donors (Lipinski definition) is 1. The second kappa shape index (κ2) is 11.3. The lowest BCUT2D eigenvalue weighted by Gasteiger charge is -2.13. The van der Waals surface area contributed by atoms with Gasteiger partial charge in [-0.15, -0.1) is 0 Å². The zero-order chi connectivity index (χ0) is 17.8. The predicted molar refractivity (Wildman–Crippen MR) is 102 cm³/mol. The van der Waals surface area contributed by atoms with Crippen LogP contribution in [0.3, 0.4) is 0 Å². The average Bonchev–Trinajstić information content (AvgIpc) is 2.61. The zero-order valence-corrected chi connectivity index (χ0v) is 15.5. The van der Waals surface area contributed by atoms with E-state index in [-0.39, 0.29) is 0 Å². The topological polar surface area (TPSA) is 35.8 Å². The van der Waals surface area contributed by atoms with E-state index < -0.39 is 0 Å². The first-order valence-electron chi connectivity index (χ1n) is 8.19. The molecule has 0 aliphatic carbocycles. The summed E-state index contributed by atoms with van der Waals surface area (Å²) in [5.41, 5.74) is 4.66. The lowest BCUT2D eigenvalue weighted by molar-refractivity contribution is 0.319. The fraction of sp³-hybridized carbons (Fsp3) is 0.350. The number of benzene rings is 2. The van der Waals surface area contributed by atoms with Gasteiger partial charge in [-0.05, 0) is 24.6 Å². The van der Waals surface area contributed by atoms with Crippen LogP contribution in [0.4, 0.5) is 5.69 Å². The molecule has 3 heteroatoms. The number of nitrogens with zero attached hydrogens (tertiary/aromatic N) is 2. The smallest absolute Gasteiger partial charge is 0.117 e. The van der Waals surface area contributed by atoms with Gasteiger partial charge in [-0.3, -0.25) is 0 Å². The summed E-state index contributed by atoms with van der Waals surface area (Å²) in [6, 6.07) is 15.9. The molecule has 0 spiro atoms. The summed E-state index contributed by atoms with van der Waals surface area (Å²) >= 11 is 0. The van der Waals surface area contributed by atoms with E-state index >= 15 is 0 Å². The normalized spacial score (nSPS) is 9.96. The maximum absolute atomic E-state index is 9.31. The summed E-state index contributed by atoms with van der Waals surface area (Å²) < 4.78 is 0. The SMILES string of the molecule is CC.CC.Cc1ccccc1C(=NO)c1ccc(N(C)C)cc1. The highest BCUT2D eigenvalue weighted by molar-refractivity contribution is 6.13. The van der Waals surface area contributed by atoms with Gasteiger partial charge in [0.2, 0.25) is 0 Å². The van der Waals surface area contributed by atoms with Gasteiger partial charge in [-0.1, -0.05) is 69.2 Å². The molecule has 0 aromatic heterocycles. The molecule has 0 amide bonds. The summed E-state index contributed by atoms with van der Waals surface area (Å²) in [6.07, 6.45) is 0. The molecule has 0 saturated carbocycles. The van der Waals surface area contributed by atoms with Gasteiger partial charge in [0.1, 0.15) is 5.71 Å². The lowest BCUT2D eigenvalue weighted by Crippen LogP contribution is -2.10. The van der Waals surface area contributed by atoms with Gasteiger partial charge in [0, 0.05) is 30.9 Å². The van der Waals surface area contributed by atoms with Gasteiger partial charge in [0.15, 0.2) is 0 Å². The van der Waals surface area contributed by atoms with Gasteiger partial charge in [0.25, 0.3) is 0 Å². The predicted octanol–water partition coefficient (Wildman–Crippen LogP) is 5.34. The maximum Gasteiger partial charge on any atom is 0.117 e. The Labute approximate surface area is 141 Å². The van der Waals surface area contributed by atoms with Gasteiger partial charge < -0.3 is 10.1 Å². The van der Waals surface area contributed by atoms with Gasteiger partial charge in [-0.25, -0.2) is 0 Å². The largest absolute Gasteiger partial charge is 0.410 e. The van der Waals surface area contributed by atoms with Crippen molar-refractivity contribution in [2.75, 3.05) is 19.0 Å². The highest BCUT2D eigenvalue weighted by Gasteiger charge is 2.10. The Morgan fingerprint density at radius 1 is 0.870 bits per heavy atom. The number of anilines is 1. The highest BCUT2D eigenvalue weighted by atomic mass is 16.4. The third kappa shape index (κ3) is 5.78. The van der Waals surface area contributed by atoms with Crippen molar-refractivity contribution >= 4 is 11.4 Å². The number of oxime groups is 1. The summed E-state index contributed by atoms with van der Waals surface area (Å²) in [4.78, 5) is 2.04. The monoisotopic (exact) mass is 314 g/mol. The van der Waals surface area contributed by atoms with Crippen molar-refractivity contribution in [2.45, 2.75) is 34.6 Å². The van der Waals surface area contributed by atoms with Crippen LogP contribution in [-0.4, -0.2) is 25.0 Å². The van der Waals surface area contributed by atoms with Crippen molar-refractivity contribution in [2.24, 2.45) is 5.16 Å². The van der Waals surface area contributed by atoms with Crippen LogP contribution in [0.1, 0.15) is 44.4 Å². The number of hydrogen-bond acceptors (Lipinski definition) is 3. The highest BCUT2D eigenvalue weighted by Crippen LogP contribution is 2.18. The van der Waals surface area contributed by atoms with E-state index in [0.717, 1.165) is 22.4 Å². The van der Waals surface area contributed by atoms with Gasteiger partial charge >= 0.3 is 0 Å². The molecule has 2 aromatic carbocycles. The van der Waals surface area contributed by atoms with Crippen LogP contribution in [0.5, 0.6) is 0 Å². The minimum Gasteiger partial charge on any atom is -0.410 e. The van der Waals surface area contributed by atoms with Crippen LogP contribution in [0, 0.1) is 6.92 Å². The third-order valence-corrected chi connectivity index (χ3v) is 3.16. The number of aryl methyl sites for hydroxylation is 1. The van der Waals surface area contributed by atoms with Crippen LogP contribution < -0.4 is 4.90 Å². The van der Waals surface area contributed by atoms with Gasteiger partial charge in [0.05, 0.1) is 0 Å². The van der Waals surface area contributed by atoms with Gasteiger partial charge in [-0.2, -0.15) is 0 Å². The minimum absolute atomic E-state index is 0.600. The van der Waals surface area contributed by atoms with E-state index in [1.54, 1.807) is 0 Å². The van der Waals surface area contributed by atoms with Crippen LogP contribution in [-0.2, 0) is 0 Å². The van der Waals surface area contributed by atoms with Crippen molar-refractivity contribution in [1.29, 1.82) is 0 Å². The standard InChI is InChI=1S/C16H18N2O.2C2H6/c1-12-6-4-5-7-15(12)16(17-19)13-8-10-14(11-9-13)18(2)3;2*1-2/h4-11,19H,1-3H3;2*1-2H3. The quantitative estimate of drug-likeness (QED) is 0.471. The molecule has 2 aromatic rings. The Morgan fingerprint density at radius 3 is 1.83 bits per heavy atom. The number of rotatable bonds is 3. The molecule has 0 atom stereocenters. The Kier molecular flexibility index (Phi) is 10.2. The summed E-state index contributed by atoms with van der Waals surface area (Å²) in [5, 5.41) is 12.8. The Hall–Kier alpha value is -2.29. The Morgan fingerprint density at radius 2 is 1.39 bits per heavy atom. The van der Waals surface area contributed by atoms with Crippen molar-refractivity contribution in [1.82, 2.24) is 0 Å². The second-order valence-electron chi connectivity index (χ2n) is 4.70. The van der Waals surface area contributed by atoms with Crippen molar-refractivity contribution in [3.63, 3.8) is 0 Å². The molecule has 0 bridgehead atoms. The molecule has 1 N–H and O–H groups in total. The van der Waals surface area contributed by atoms with E-state index in [4.69, 9.17) is 0 Å². The molecule has 0 aliphatic rings. The molecule has 0 aliphatic heterocycles.